The lowest BCUT2D eigenvalue weighted by atomic mass is 9.72. The van der Waals surface area contributed by atoms with Crippen molar-refractivity contribution in [1.29, 1.82) is 0 Å². The number of benzene rings is 1. The van der Waals surface area contributed by atoms with Crippen LogP contribution >= 0.6 is 0 Å². The molecular formula is C13H17F2NO2. The van der Waals surface area contributed by atoms with Crippen molar-refractivity contribution in [1.82, 2.24) is 0 Å². The Hall–Kier alpha value is -1.49. The maximum Gasteiger partial charge on any atom is 0.311 e. The van der Waals surface area contributed by atoms with E-state index in [0.717, 1.165) is 12.1 Å². The van der Waals surface area contributed by atoms with Crippen LogP contribution in [0, 0.1) is 23.0 Å². The Balaban J connectivity index is 3.15. The third-order valence-corrected chi connectivity index (χ3v) is 3.42. The fourth-order valence-electron chi connectivity index (χ4n) is 1.93. The van der Waals surface area contributed by atoms with Gasteiger partial charge >= 0.3 is 5.97 Å². The van der Waals surface area contributed by atoms with Crippen LogP contribution in [0.15, 0.2) is 18.2 Å². The van der Waals surface area contributed by atoms with E-state index >= 15 is 0 Å². The molecule has 0 aromatic heterocycles. The lowest BCUT2D eigenvalue weighted by Crippen LogP contribution is -2.45. The van der Waals surface area contributed by atoms with Gasteiger partial charge in [0, 0.05) is 12.6 Å². The van der Waals surface area contributed by atoms with E-state index in [1.54, 1.807) is 13.8 Å². The normalized spacial score (nSPS) is 14.6. The molecule has 1 aromatic rings. The Kier molecular flexibility index (Phi) is 4.40. The minimum atomic E-state index is -1.24. The van der Waals surface area contributed by atoms with Gasteiger partial charge in [-0.2, -0.15) is 0 Å². The Morgan fingerprint density at radius 1 is 1.44 bits per heavy atom. The summed E-state index contributed by atoms with van der Waals surface area (Å²) in [5.74, 6) is -2.75. The molecule has 3 N–H and O–H groups in total. The molecule has 0 radical (unpaired) electrons. The van der Waals surface area contributed by atoms with E-state index in [4.69, 9.17) is 5.73 Å². The molecule has 3 nitrogen and oxygen atoms in total. The van der Waals surface area contributed by atoms with Crippen molar-refractivity contribution in [2.75, 3.05) is 6.54 Å². The van der Waals surface area contributed by atoms with Crippen molar-refractivity contribution >= 4 is 5.97 Å². The molecule has 1 atom stereocenters. The van der Waals surface area contributed by atoms with Crippen molar-refractivity contribution in [2.24, 2.45) is 17.1 Å². The first-order valence-electron chi connectivity index (χ1n) is 5.71. The number of rotatable bonds is 5. The maximum absolute atomic E-state index is 13.6. The summed E-state index contributed by atoms with van der Waals surface area (Å²) in [7, 11) is 0. The van der Waals surface area contributed by atoms with Crippen LogP contribution in [-0.2, 0) is 11.2 Å². The first kappa shape index (κ1) is 14.6. The van der Waals surface area contributed by atoms with E-state index in [-0.39, 0.29) is 24.4 Å². The van der Waals surface area contributed by atoms with Crippen molar-refractivity contribution in [3.05, 3.63) is 35.4 Å². The molecule has 0 aliphatic rings. The van der Waals surface area contributed by atoms with E-state index in [1.807, 2.05) is 0 Å². The summed E-state index contributed by atoms with van der Waals surface area (Å²) in [5.41, 5.74) is 4.49. The van der Waals surface area contributed by atoms with Gasteiger partial charge in [-0.25, -0.2) is 8.78 Å². The summed E-state index contributed by atoms with van der Waals surface area (Å²) >= 11 is 0. The highest BCUT2D eigenvalue weighted by Crippen LogP contribution is 2.32. The van der Waals surface area contributed by atoms with Crippen LogP contribution in [0.3, 0.4) is 0 Å². The zero-order valence-electron chi connectivity index (χ0n) is 10.4. The van der Waals surface area contributed by atoms with E-state index in [2.05, 4.69) is 0 Å². The first-order valence-corrected chi connectivity index (χ1v) is 5.71. The lowest BCUT2D eigenvalue weighted by molar-refractivity contribution is -0.151. The zero-order valence-corrected chi connectivity index (χ0v) is 10.4. The Bertz CT molecular complexity index is 449. The van der Waals surface area contributed by atoms with Crippen LogP contribution in [0.1, 0.15) is 19.4 Å². The lowest BCUT2D eigenvalue weighted by Gasteiger charge is -2.32. The quantitative estimate of drug-likeness (QED) is 0.850. The van der Waals surface area contributed by atoms with Gasteiger partial charge in [0.25, 0.3) is 0 Å². The summed E-state index contributed by atoms with van der Waals surface area (Å²) in [6, 6.07) is 3.13. The van der Waals surface area contributed by atoms with Crippen molar-refractivity contribution < 1.29 is 18.7 Å². The van der Waals surface area contributed by atoms with E-state index < -0.39 is 23.0 Å². The van der Waals surface area contributed by atoms with Crippen LogP contribution in [0.25, 0.3) is 0 Å². The molecule has 0 aliphatic heterocycles. The van der Waals surface area contributed by atoms with Gasteiger partial charge in [0.15, 0.2) is 0 Å². The van der Waals surface area contributed by atoms with Gasteiger partial charge in [0.1, 0.15) is 11.6 Å². The number of carboxylic acid groups (broad SMARTS) is 1. The monoisotopic (exact) mass is 257 g/mol. The van der Waals surface area contributed by atoms with Crippen LogP contribution < -0.4 is 5.73 Å². The van der Waals surface area contributed by atoms with E-state index in [1.165, 1.54) is 6.07 Å². The summed E-state index contributed by atoms with van der Waals surface area (Å²) < 4.78 is 26.4. The van der Waals surface area contributed by atoms with Crippen molar-refractivity contribution in [2.45, 2.75) is 20.3 Å². The molecule has 1 aromatic carbocycles. The van der Waals surface area contributed by atoms with Crippen LogP contribution in [0.2, 0.25) is 0 Å². The molecule has 5 heteroatoms. The van der Waals surface area contributed by atoms with Gasteiger partial charge in [0.2, 0.25) is 0 Å². The van der Waals surface area contributed by atoms with Gasteiger partial charge in [0.05, 0.1) is 5.41 Å². The van der Waals surface area contributed by atoms with Gasteiger partial charge < -0.3 is 10.8 Å². The number of hydrogen-bond acceptors (Lipinski definition) is 2. The molecule has 0 bridgehead atoms. The van der Waals surface area contributed by atoms with E-state index in [0.29, 0.717) is 0 Å². The number of carboxylic acids is 1. The predicted octanol–water partition coefficient (Wildman–Crippen LogP) is 2.19. The SMILES string of the molecule is CC(C)C(CN)(Cc1ccc(F)cc1F)C(=O)O. The van der Waals surface area contributed by atoms with Crippen LogP contribution in [0.4, 0.5) is 8.78 Å². The highest BCUT2D eigenvalue weighted by atomic mass is 19.1. The van der Waals surface area contributed by atoms with Gasteiger partial charge in [-0.3, -0.25) is 4.79 Å². The first-order chi connectivity index (χ1) is 8.33. The number of hydrogen-bond donors (Lipinski definition) is 2. The average Bonchev–Trinajstić information content (AvgIpc) is 2.27. The molecule has 0 spiro atoms. The maximum atomic E-state index is 13.6. The third-order valence-electron chi connectivity index (χ3n) is 3.42. The van der Waals surface area contributed by atoms with Crippen molar-refractivity contribution in [3.8, 4) is 0 Å². The highest BCUT2D eigenvalue weighted by Gasteiger charge is 2.41. The molecule has 0 amide bonds. The van der Waals surface area contributed by atoms with Gasteiger partial charge in [-0.15, -0.1) is 0 Å². The molecule has 0 fully saturated rings. The Labute approximate surface area is 105 Å². The molecule has 18 heavy (non-hydrogen) atoms. The molecule has 0 saturated heterocycles. The summed E-state index contributed by atoms with van der Waals surface area (Å²) in [6.07, 6.45) is -0.0530. The second-order valence-corrected chi connectivity index (χ2v) is 4.73. The largest absolute Gasteiger partial charge is 0.481 e. The highest BCUT2D eigenvalue weighted by molar-refractivity contribution is 5.75. The Morgan fingerprint density at radius 2 is 2.06 bits per heavy atom. The minimum absolute atomic E-state index is 0.0530. The molecule has 0 saturated carbocycles. The standard InChI is InChI=1S/C13H17F2NO2/c1-8(2)13(7-16,12(17)18)6-9-3-4-10(14)5-11(9)15/h3-5,8H,6-7,16H2,1-2H3,(H,17,18). The number of halogens is 2. The summed E-state index contributed by atoms with van der Waals surface area (Å²) in [4.78, 5) is 11.4. The summed E-state index contributed by atoms with van der Waals surface area (Å²) in [6.45, 7) is 3.35. The Morgan fingerprint density at radius 3 is 2.44 bits per heavy atom. The topological polar surface area (TPSA) is 63.3 Å². The predicted molar refractivity (Wildman–Crippen MR) is 64.0 cm³/mol. The molecule has 100 valence electrons. The van der Waals surface area contributed by atoms with Crippen LogP contribution in [0.5, 0.6) is 0 Å². The molecule has 0 aliphatic carbocycles. The zero-order chi connectivity index (χ0) is 13.9. The average molecular weight is 257 g/mol. The molecular weight excluding hydrogens is 240 g/mol. The van der Waals surface area contributed by atoms with E-state index in [9.17, 15) is 18.7 Å². The van der Waals surface area contributed by atoms with Crippen molar-refractivity contribution in [3.63, 3.8) is 0 Å². The number of carbonyl (C=O) groups is 1. The fourth-order valence-corrected chi connectivity index (χ4v) is 1.93. The smallest absolute Gasteiger partial charge is 0.311 e. The second-order valence-electron chi connectivity index (χ2n) is 4.73. The summed E-state index contributed by atoms with van der Waals surface area (Å²) in [5, 5.41) is 9.32. The van der Waals surface area contributed by atoms with Gasteiger partial charge in [-0.05, 0) is 24.0 Å². The fraction of sp³-hybridized carbons (Fsp3) is 0.462. The van der Waals surface area contributed by atoms with Crippen LogP contribution in [-0.4, -0.2) is 17.6 Å². The molecule has 1 unspecified atom stereocenters. The second kappa shape index (κ2) is 5.44. The number of nitrogens with two attached hydrogens (primary N) is 1. The molecule has 1 rings (SSSR count). The molecule has 0 heterocycles. The number of aliphatic carboxylic acids is 1. The minimum Gasteiger partial charge on any atom is -0.481 e. The third kappa shape index (κ3) is 2.67. The van der Waals surface area contributed by atoms with Gasteiger partial charge in [-0.1, -0.05) is 19.9 Å².